The second kappa shape index (κ2) is 4.23. The van der Waals surface area contributed by atoms with Crippen LogP contribution in [0, 0.1) is 0 Å². The number of aromatic nitrogens is 2. The van der Waals surface area contributed by atoms with E-state index in [0.717, 1.165) is 17.2 Å². The first-order valence-electron chi connectivity index (χ1n) is 4.41. The predicted molar refractivity (Wildman–Crippen MR) is 55.4 cm³/mol. The number of hydrogen-bond acceptors (Lipinski definition) is 5. The van der Waals surface area contributed by atoms with Crippen LogP contribution in [0.25, 0.3) is 0 Å². The highest BCUT2D eigenvalue weighted by atomic mass is 32.1. The van der Waals surface area contributed by atoms with Gasteiger partial charge in [0.15, 0.2) is 0 Å². The molecule has 0 aromatic carbocycles. The molecule has 0 aliphatic rings. The summed E-state index contributed by atoms with van der Waals surface area (Å²) >= 11 is 1.36. The van der Waals surface area contributed by atoms with Gasteiger partial charge in [0.25, 0.3) is 0 Å². The summed E-state index contributed by atoms with van der Waals surface area (Å²) in [6.07, 6.45) is 4.28. The number of anilines is 1. The minimum Gasteiger partial charge on any atom is -0.469 e. The quantitative estimate of drug-likeness (QED) is 0.838. The van der Waals surface area contributed by atoms with Gasteiger partial charge in [-0.3, -0.25) is 0 Å². The summed E-state index contributed by atoms with van der Waals surface area (Å²) in [6, 6.07) is 4.20. The summed E-state index contributed by atoms with van der Waals surface area (Å²) in [6.45, 7) is 2.10. The molecule has 0 bridgehead atoms. The van der Waals surface area contributed by atoms with Crippen molar-refractivity contribution in [3.05, 3.63) is 30.4 Å². The molecular formula is C9H11N3OS. The van der Waals surface area contributed by atoms with E-state index in [-0.39, 0.29) is 0 Å². The molecular weight excluding hydrogens is 198 g/mol. The van der Waals surface area contributed by atoms with Crippen LogP contribution in [0.5, 0.6) is 0 Å². The van der Waals surface area contributed by atoms with Crippen molar-refractivity contribution in [1.29, 1.82) is 0 Å². The van der Waals surface area contributed by atoms with Crippen LogP contribution in [0.15, 0.2) is 29.0 Å². The van der Waals surface area contributed by atoms with Crippen LogP contribution in [0.3, 0.4) is 0 Å². The summed E-state index contributed by atoms with van der Waals surface area (Å²) in [7, 11) is 0. The third-order valence-corrected chi connectivity index (χ3v) is 2.43. The lowest BCUT2D eigenvalue weighted by Crippen LogP contribution is -2.16. The van der Waals surface area contributed by atoms with Crippen molar-refractivity contribution in [2.45, 2.75) is 19.4 Å². The van der Waals surface area contributed by atoms with Gasteiger partial charge < -0.3 is 9.73 Å². The fourth-order valence-corrected chi connectivity index (χ4v) is 1.79. The van der Waals surface area contributed by atoms with Crippen LogP contribution >= 0.6 is 11.5 Å². The van der Waals surface area contributed by atoms with E-state index >= 15 is 0 Å². The fourth-order valence-electron chi connectivity index (χ4n) is 1.26. The summed E-state index contributed by atoms with van der Waals surface area (Å²) in [5, 5.41) is 8.04. The van der Waals surface area contributed by atoms with Crippen molar-refractivity contribution in [3.8, 4) is 0 Å². The third kappa shape index (κ3) is 2.32. The topological polar surface area (TPSA) is 51.0 Å². The van der Waals surface area contributed by atoms with Gasteiger partial charge >= 0.3 is 0 Å². The van der Waals surface area contributed by atoms with Gasteiger partial charge in [-0.1, -0.05) is 4.49 Å². The predicted octanol–water partition coefficient (Wildman–Crippen LogP) is 2.17. The Labute approximate surface area is 86.1 Å². The van der Waals surface area contributed by atoms with Crippen LogP contribution in [0.4, 0.5) is 5.00 Å². The molecule has 14 heavy (non-hydrogen) atoms. The molecule has 0 spiro atoms. The lowest BCUT2D eigenvalue weighted by molar-refractivity contribution is 0.498. The van der Waals surface area contributed by atoms with Crippen LogP contribution in [0.1, 0.15) is 12.7 Å². The van der Waals surface area contributed by atoms with Crippen LogP contribution in [-0.2, 0) is 6.42 Å². The van der Waals surface area contributed by atoms with Crippen molar-refractivity contribution in [2.75, 3.05) is 5.32 Å². The van der Waals surface area contributed by atoms with Gasteiger partial charge in [0.1, 0.15) is 10.8 Å². The first kappa shape index (κ1) is 9.21. The Hall–Kier alpha value is -1.36. The zero-order valence-corrected chi connectivity index (χ0v) is 8.62. The van der Waals surface area contributed by atoms with Crippen molar-refractivity contribution >= 4 is 16.5 Å². The zero-order valence-electron chi connectivity index (χ0n) is 7.80. The van der Waals surface area contributed by atoms with Gasteiger partial charge in [-0.2, -0.15) is 0 Å². The number of hydrogen-bond donors (Lipinski definition) is 1. The Morgan fingerprint density at radius 1 is 1.64 bits per heavy atom. The maximum atomic E-state index is 5.26. The first-order chi connectivity index (χ1) is 6.84. The van der Waals surface area contributed by atoms with Gasteiger partial charge in [-0.25, -0.2) is 0 Å². The Morgan fingerprint density at radius 3 is 3.21 bits per heavy atom. The average Bonchev–Trinajstić information content (AvgIpc) is 2.76. The SMILES string of the molecule is CC(Cc1ccco1)Nc1cnns1. The fraction of sp³-hybridized carbons (Fsp3) is 0.333. The molecule has 1 atom stereocenters. The molecule has 2 heterocycles. The van der Waals surface area contributed by atoms with Gasteiger partial charge in [0.05, 0.1) is 12.5 Å². The van der Waals surface area contributed by atoms with E-state index in [9.17, 15) is 0 Å². The standard InChI is InChI=1S/C9H11N3OS/c1-7(5-8-3-2-4-13-8)11-9-6-10-12-14-9/h2-4,6-7,11H,5H2,1H3. The molecule has 0 aliphatic heterocycles. The highest BCUT2D eigenvalue weighted by Gasteiger charge is 2.06. The minimum absolute atomic E-state index is 0.323. The molecule has 2 rings (SSSR count). The molecule has 0 fully saturated rings. The highest BCUT2D eigenvalue weighted by Crippen LogP contribution is 2.13. The Morgan fingerprint density at radius 2 is 2.57 bits per heavy atom. The van der Waals surface area contributed by atoms with Crippen molar-refractivity contribution in [1.82, 2.24) is 9.59 Å². The van der Waals surface area contributed by atoms with Gasteiger partial charge in [0.2, 0.25) is 0 Å². The summed E-state index contributed by atoms with van der Waals surface area (Å²) in [4.78, 5) is 0. The van der Waals surface area contributed by atoms with E-state index in [2.05, 4.69) is 21.8 Å². The molecule has 0 saturated carbocycles. The smallest absolute Gasteiger partial charge is 0.130 e. The van der Waals surface area contributed by atoms with E-state index in [1.54, 1.807) is 12.5 Å². The molecule has 0 aliphatic carbocycles. The van der Waals surface area contributed by atoms with Gasteiger partial charge in [-0.15, -0.1) is 5.10 Å². The van der Waals surface area contributed by atoms with Crippen molar-refractivity contribution in [3.63, 3.8) is 0 Å². The molecule has 4 nitrogen and oxygen atoms in total. The molecule has 0 amide bonds. The number of nitrogens with zero attached hydrogens (tertiary/aromatic N) is 2. The maximum absolute atomic E-state index is 5.26. The van der Waals surface area contributed by atoms with E-state index in [4.69, 9.17) is 4.42 Å². The Kier molecular flexibility index (Phi) is 2.78. The summed E-state index contributed by atoms with van der Waals surface area (Å²) in [5.74, 6) is 0.988. The van der Waals surface area contributed by atoms with E-state index in [0.29, 0.717) is 6.04 Å². The van der Waals surface area contributed by atoms with Crippen LogP contribution < -0.4 is 5.32 Å². The molecule has 2 aromatic rings. The van der Waals surface area contributed by atoms with Gasteiger partial charge in [0, 0.05) is 24.0 Å². The molecule has 1 unspecified atom stereocenters. The highest BCUT2D eigenvalue weighted by molar-refractivity contribution is 7.09. The molecule has 5 heteroatoms. The normalized spacial score (nSPS) is 12.6. The van der Waals surface area contributed by atoms with Crippen LogP contribution in [-0.4, -0.2) is 15.6 Å². The lowest BCUT2D eigenvalue weighted by Gasteiger charge is -2.10. The number of furan rings is 1. The summed E-state index contributed by atoms with van der Waals surface area (Å²) in [5.41, 5.74) is 0. The minimum atomic E-state index is 0.323. The van der Waals surface area contributed by atoms with Crippen molar-refractivity contribution < 1.29 is 4.42 Å². The van der Waals surface area contributed by atoms with Crippen LogP contribution in [0.2, 0.25) is 0 Å². The molecule has 1 N–H and O–H groups in total. The zero-order chi connectivity index (χ0) is 9.80. The molecule has 0 saturated heterocycles. The van der Waals surface area contributed by atoms with E-state index in [1.807, 2.05) is 12.1 Å². The summed E-state index contributed by atoms with van der Waals surface area (Å²) < 4.78 is 9.03. The second-order valence-electron chi connectivity index (χ2n) is 3.11. The molecule has 74 valence electrons. The maximum Gasteiger partial charge on any atom is 0.130 e. The Bertz CT molecular complexity index is 321. The molecule has 2 aromatic heterocycles. The first-order valence-corrected chi connectivity index (χ1v) is 5.18. The van der Waals surface area contributed by atoms with Gasteiger partial charge in [-0.05, 0) is 19.1 Å². The lowest BCUT2D eigenvalue weighted by atomic mass is 10.2. The number of nitrogens with one attached hydrogen (secondary N) is 1. The number of rotatable bonds is 4. The Balaban J connectivity index is 1.88. The average molecular weight is 209 g/mol. The largest absolute Gasteiger partial charge is 0.469 e. The monoisotopic (exact) mass is 209 g/mol. The second-order valence-corrected chi connectivity index (χ2v) is 3.90. The molecule has 0 radical (unpaired) electrons. The third-order valence-electron chi connectivity index (χ3n) is 1.84. The van der Waals surface area contributed by atoms with E-state index < -0.39 is 0 Å². The van der Waals surface area contributed by atoms with E-state index in [1.165, 1.54) is 11.5 Å². The van der Waals surface area contributed by atoms with Crippen molar-refractivity contribution in [2.24, 2.45) is 0 Å².